The molecule has 21 heavy (non-hydrogen) atoms. The number of anilines is 2. The molecule has 0 aliphatic rings. The highest BCUT2D eigenvalue weighted by Crippen LogP contribution is 2.32. The third-order valence-corrected chi connectivity index (χ3v) is 2.79. The summed E-state index contributed by atoms with van der Waals surface area (Å²) in [4.78, 5) is 7.82. The first kappa shape index (κ1) is 13.6. The molecule has 6 nitrogen and oxygen atoms in total. The second-order valence-corrected chi connectivity index (χ2v) is 4.34. The van der Waals surface area contributed by atoms with E-state index in [1.54, 1.807) is 0 Å². The van der Waals surface area contributed by atoms with E-state index in [1.165, 1.54) is 12.1 Å². The van der Waals surface area contributed by atoms with Crippen molar-refractivity contribution in [3.63, 3.8) is 0 Å². The van der Waals surface area contributed by atoms with Crippen molar-refractivity contribution in [2.45, 2.75) is 6.18 Å². The average molecular weight is 316 g/mol. The lowest BCUT2D eigenvalue weighted by atomic mass is 10.2. The Morgan fingerprint density at radius 1 is 1.10 bits per heavy atom. The van der Waals surface area contributed by atoms with Gasteiger partial charge in [-0.2, -0.15) is 13.2 Å². The maximum absolute atomic E-state index is 12.6. The molecule has 0 amide bonds. The van der Waals surface area contributed by atoms with E-state index < -0.39 is 11.7 Å². The van der Waals surface area contributed by atoms with Gasteiger partial charge in [-0.1, -0.05) is 17.7 Å². The molecule has 0 saturated carbocycles. The molecule has 0 spiro atoms. The number of halogens is 4. The van der Waals surface area contributed by atoms with Gasteiger partial charge in [-0.05, 0) is 28.5 Å². The number of hydrogen-bond acceptors (Lipinski definition) is 6. The van der Waals surface area contributed by atoms with E-state index in [2.05, 4.69) is 30.2 Å². The van der Waals surface area contributed by atoms with Crippen molar-refractivity contribution in [2.75, 3.05) is 5.32 Å². The quantitative estimate of drug-likeness (QED) is 0.780. The highest BCUT2D eigenvalue weighted by molar-refractivity contribution is 6.32. The Hall–Kier alpha value is -2.42. The number of hydrogen-bond donors (Lipinski definition) is 1. The average Bonchev–Trinajstić information content (AvgIpc) is 2.85. The molecular formula is C11H5ClF3N5O. The van der Waals surface area contributed by atoms with E-state index in [4.69, 9.17) is 11.6 Å². The van der Waals surface area contributed by atoms with Crippen LogP contribution in [0.2, 0.25) is 5.15 Å². The summed E-state index contributed by atoms with van der Waals surface area (Å²) in [6.07, 6.45) is -4.44. The molecule has 1 N–H and O–H groups in total. The summed E-state index contributed by atoms with van der Waals surface area (Å²) in [5, 5.41) is 9.53. The molecule has 0 bridgehead atoms. The van der Waals surface area contributed by atoms with Crippen molar-refractivity contribution in [1.82, 2.24) is 20.3 Å². The normalized spacial score (nSPS) is 11.8. The fourth-order valence-corrected chi connectivity index (χ4v) is 1.78. The second kappa shape index (κ2) is 4.85. The first-order chi connectivity index (χ1) is 9.93. The Morgan fingerprint density at radius 3 is 2.52 bits per heavy atom. The fraction of sp³-hybridized carbons (Fsp3) is 0.0909. The number of rotatable bonds is 2. The summed E-state index contributed by atoms with van der Waals surface area (Å²) < 4.78 is 42.3. The van der Waals surface area contributed by atoms with Crippen LogP contribution in [0.4, 0.5) is 24.7 Å². The Labute approximate surface area is 119 Å². The van der Waals surface area contributed by atoms with Crippen molar-refractivity contribution in [3.05, 3.63) is 35.0 Å². The Morgan fingerprint density at radius 2 is 1.81 bits per heavy atom. The van der Waals surface area contributed by atoms with E-state index in [9.17, 15) is 13.2 Å². The molecule has 0 fully saturated rings. The summed E-state index contributed by atoms with van der Waals surface area (Å²) >= 11 is 5.87. The number of benzene rings is 1. The van der Waals surface area contributed by atoms with Crippen molar-refractivity contribution in [2.24, 2.45) is 0 Å². The summed E-state index contributed by atoms with van der Waals surface area (Å²) in [5.74, 6) is 0.0548. The number of nitrogens with zero attached hydrogens (tertiary/aromatic N) is 4. The first-order valence-electron chi connectivity index (χ1n) is 5.53. The number of nitrogens with one attached hydrogen (secondary N) is 1. The highest BCUT2D eigenvalue weighted by atomic mass is 35.5. The molecule has 3 rings (SSSR count). The lowest BCUT2D eigenvalue weighted by molar-refractivity contribution is -0.137. The largest absolute Gasteiger partial charge is 0.416 e. The molecular weight excluding hydrogens is 311 g/mol. The molecule has 0 aliphatic heterocycles. The van der Waals surface area contributed by atoms with Crippen LogP contribution in [-0.2, 0) is 6.18 Å². The van der Waals surface area contributed by atoms with Crippen LogP contribution < -0.4 is 5.32 Å². The SMILES string of the molecule is FC(F)(F)c1cccc(Nc2nc3nonc3nc2Cl)c1. The van der Waals surface area contributed by atoms with Crippen molar-refractivity contribution >= 4 is 34.4 Å². The minimum Gasteiger partial charge on any atom is -0.338 e. The lowest BCUT2D eigenvalue weighted by Crippen LogP contribution is -2.05. The number of alkyl halides is 3. The van der Waals surface area contributed by atoms with E-state index in [1.807, 2.05) is 0 Å². The van der Waals surface area contributed by atoms with Crippen LogP contribution in [0, 0.1) is 0 Å². The van der Waals surface area contributed by atoms with Crippen molar-refractivity contribution < 1.29 is 17.8 Å². The minimum atomic E-state index is -4.44. The maximum Gasteiger partial charge on any atom is 0.416 e. The molecule has 1 aromatic carbocycles. The number of aromatic nitrogens is 4. The molecule has 0 atom stereocenters. The Bertz CT molecular complexity index is 804. The molecule has 2 heterocycles. The van der Waals surface area contributed by atoms with Gasteiger partial charge in [0.05, 0.1) is 5.56 Å². The second-order valence-electron chi connectivity index (χ2n) is 3.98. The third kappa shape index (κ3) is 2.72. The molecule has 3 aromatic rings. The molecule has 10 heteroatoms. The molecule has 108 valence electrons. The van der Waals surface area contributed by atoms with Crippen LogP contribution in [-0.4, -0.2) is 20.3 Å². The highest BCUT2D eigenvalue weighted by Gasteiger charge is 2.30. The zero-order chi connectivity index (χ0) is 15.0. The smallest absolute Gasteiger partial charge is 0.338 e. The molecule has 2 aromatic heterocycles. The monoisotopic (exact) mass is 315 g/mol. The van der Waals surface area contributed by atoms with Gasteiger partial charge in [-0.15, -0.1) is 0 Å². The van der Waals surface area contributed by atoms with E-state index >= 15 is 0 Å². The van der Waals surface area contributed by atoms with Gasteiger partial charge in [0, 0.05) is 5.69 Å². The summed E-state index contributed by atoms with van der Waals surface area (Å²) in [6, 6.07) is 4.60. The fourth-order valence-electron chi connectivity index (χ4n) is 1.61. The van der Waals surface area contributed by atoms with Crippen molar-refractivity contribution in [1.29, 1.82) is 0 Å². The van der Waals surface area contributed by atoms with Crippen LogP contribution in [0.5, 0.6) is 0 Å². The molecule has 0 aliphatic carbocycles. The minimum absolute atomic E-state index is 0.0548. The Balaban J connectivity index is 1.96. The zero-order valence-electron chi connectivity index (χ0n) is 10.0. The van der Waals surface area contributed by atoms with E-state index in [-0.39, 0.29) is 28.0 Å². The van der Waals surface area contributed by atoms with Gasteiger partial charge in [0.1, 0.15) is 0 Å². The van der Waals surface area contributed by atoms with Gasteiger partial charge < -0.3 is 5.32 Å². The van der Waals surface area contributed by atoms with Crippen LogP contribution in [0.1, 0.15) is 5.56 Å². The van der Waals surface area contributed by atoms with Gasteiger partial charge in [0.25, 0.3) is 0 Å². The topological polar surface area (TPSA) is 76.7 Å². The van der Waals surface area contributed by atoms with E-state index in [0.717, 1.165) is 12.1 Å². The maximum atomic E-state index is 12.6. The van der Waals surface area contributed by atoms with Crippen LogP contribution in [0.25, 0.3) is 11.3 Å². The van der Waals surface area contributed by atoms with Crippen LogP contribution >= 0.6 is 11.6 Å². The van der Waals surface area contributed by atoms with Gasteiger partial charge in [-0.3, -0.25) is 0 Å². The number of fused-ring (bicyclic) bond motifs is 1. The molecule has 0 unspecified atom stereocenters. The third-order valence-electron chi connectivity index (χ3n) is 2.52. The predicted molar refractivity (Wildman–Crippen MR) is 67.1 cm³/mol. The molecule has 0 radical (unpaired) electrons. The lowest BCUT2D eigenvalue weighted by Gasteiger charge is -2.10. The van der Waals surface area contributed by atoms with E-state index in [0.29, 0.717) is 0 Å². The summed E-state index contributed by atoms with van der Waals surface area (Å²) in [6.45, 7) is 0. The molecule has 0 saturated heterocycles. The summed E-state index contributed by atoms with van der Waals surface area (Å²) in [7, 11) is 0. The van der Waals surface area contributed by atoms with Crippen molar-refractivity contribution in [3.8, 4) is 0 Å². The van der Waals surface area contributed by atoms with Gasteiger partial charge >= 0.3 is 6.18 Å². The van der Waals surface area contributed by atoms with Gasteiger partial charge in [0.2, 0.25) is 11.3 Å². The van der Waals surface area contributed by atoms with Gasteiger partial charge in [0.15, 0.2) is 11.0 Å². The zero-order valence-corrected chi connectivity index (χ0v) is 10.8. The standard InChI is InChI=1S/C11H5ClF3N5O/c12-7-8(18-10-9(17-7)19-21-20-10)16-6-3-1-2-5(4-6)11(13,14)15/h1-4H,(H,16,18,20). The first-order valence-corrected chi connectivity index (χ1v) is 5.91. The van der Waals surface area contributed by atoms with Crippen LogP contribution in [0.15, 0.2) is 28.9 Å². The predicted octanol–water partition coefficient (Wildman–Crippen LogP) is 3.43. The van der Waals surface area contributed by atoms with Gasteiger partial charge in [-0.25, -0.2) is 14.6 Å². The Kier molecular flexibility index (Phi) is 3.13. The van der Waals surface area contributed by atoms with Crippen LogP contribution in [0.3, 0.4) is 0 Å². The summed E-state index contributed by atoms with van der Waals surface area (Å²) in [5.41, 5.74) is -0.430.